The SMILES string of the molecule is COc1cc2nccc(Oc3ccc(N4C[C@@H](COc5ccccc5)CC4=O)cc3F)c2cc1OC. The molecule has 0 aliphatic carbocycles. The van der Waals surface area contributed by atoms with E-state index < -0.39 is 5.82 Å². The normalized spacial score (nSPS) is 15.2. The van der Waals surface area contributed by atoms with E-state index in [0.717, 1.165) is 5.75 Å². The van der Waals surface area contributed by atoms with Crippen LogP contribution in [0.4, 0.5) is 10.1 Å². The Morgan fingerprint density at radius 2 is 1.72 bits per heavy atom. The molecule has 3 aromatic carbocycles. The topological polar surface area (TPSA) is 70.1 Å². The summed E-state index contributed by atoms with van der Waals surface area (Å²) in [5.41, 5.74) is 1.10. The number of hydrogen-bond acceptors (Lipinski definition) is 6. The van der Waals surface area contributed by atoms with Gasteiger partial charge in [-0.25, -0.2) is 4.39 Å². The molecule has 0 bridgehead atoms. The van der Waals surface area contributed by atoms with Gasteiger partial charge in [0.05, 0.1) is 26.3 Å². The predicted molar refractivity (Wildman–Crippen MR) is 134 cm³/mol. The summed E-state index contributed by atoms with van der Waals surface area (Å²) in [6.07, 6.45) is 1.93. The number of anilines is 1. The van der Waals surface area contributed by atoms with E-state index in [0.29, 0.717) is 53.4 Å². The number of carbonyl (C=O) groups excluding carboxylic acids is 1. The van der Waals surface area contributed by atoms with Crippen molar-refractivity contribution in [3.05, 3.63) is 78.7 Å². The first-order chi connectivity index (χ1) is 17.6. The second-order valence-electron chi connectivity index (χ2n) is 8.45. The fourth-order valence-electron chi connectivity index (χ4n) is 4.27. The van der Waals surface area contributed by atoms with Gasteiger partial charge >= 0.3 is 0 Å². The van der Waals surface area contributed by atoms with Gasteiger partial charge in [0.1, 0.15) is 11.5 Å². The lowest BCUT2D eigenvalue weighted by Crippen LogP contribution is -2.25. The third-order valence-electron chi connectivity index (χ3n) is 6.09. The first kappa shape index (κ1) is 23.4. The molecule has 2 heterocycles. The molecular weight excluding hydrogens is 463 g/mol. The zero-order valence-electron chi connectivity index (χ0n) is 19.9. The highest BCUT2D eigenvalue weighted by molar-refractivity contribution is 5.95. The van der Waals surface area contributed by atoms with Crippen LogP contribution in [-0.4, -0.2) is 38.3 Å². The predicted octanol–water partition coefficient (Wildman–Crippen LogP) is 5.62. The lowest BCUT2D eigenvalue weighted by molar-refractivity contribution is -0.117. The Hall–Kier alpha value is -4.33. The lowest BCUT2D eigenvalue weighted by atomic mass is 10.1. The Morgan fingerprint density at radius 1 is 0.944 bits per heavy atom. The van der Waals surface area contributed by atoms with Gasteiger partial charge in [0.15, 0.2) is 23.1 Å². The molecule has 4 aromatic rings. The quantitative estimate of drug-likeness (QED) is 0.321. The summed E-state index contributed by atoms with van der Waals surface area (Å²) in [6.45, 7) is 0.876. The highest BCUT2D eigenvalue weighted by Gasteiger charge is 2.31. The molecule has 1 fully saturated rings. The number of carbonyl (C=O) groups is 1. The summed E-state index contributed by atoms with van der Waals surface area (Å²) in [4.78, 5) is 18.6. The van der Waals surface area contributed by atoms with Crippen molar-refractivity contribution in [2.45, 2.75) is 6.42 Å². The molecule has 8 heteroatoms. The molecule has 184 valence electrons. The molecule has 1 atom stereocenters. The molecule has 1 aliphatic heterocycles. The van der Waals surface area contributed by atoms with Crippen molar-refractivity contribution >= 4 is 22.5 Å². The molecule has 0 radical (unpaired) electrons. The van der Waals surface area contributed by atoms with Crippen LogP contribution >= 0.6 is 0 Å². The number of hydrogen-bond donors (Lipinski definition) is 0. The molecule has 1 amide bonds. The molecule has 0 spiro atoms. The van der Waals surface area contributed by atoms with E-state index in [2.05, 4.69) is 4.98 Å². The average molecular weight is 489 g/mol. The van der Waals surface area contributed by atoms with Gasteiger partial charge in [-0.1, -0.05) is 18.2 Å². The third kappa shape index (κ3) is 4.75. The monoisotopic (exact) mass is 488 g/mol. The van der Waals surface area contributed by atoms with E-state index in [1.807, 2.05) is 30.3 Å². The smallest absolute Gasteiger partial charge is 0.227 e. The van der Waals surface area contributed by atoms with Crippen molar-refractivity contribution in [3.8, 4) is 28.7 Å². The number of rotatable bonds is 8. The van der Waals surface area contributed by atoms with Crippen molar-refractivity contribution in [1.82, 2.24) is 4.98 Å². The summed E-state index contributed by atoms with van der Waals surface area (Å²) in [5.74, 6) is 1.65. The summed E-state index contributed by atoms with van der Waals surface area (Å²) in [7, 11) is 3.08. The zero-order valence-corrected chi connectivity index (χ0v) is 19.9. The number of methoxy groups -OCH3 is 2. The maximum Gasteiger partial charge on any atom is 0.227 e. The summed E-state index contributed by atoms with van der Waals surface area (Å²) >= 11 is 0. The number of para-hydroxylation sites is 1. The second kappa shape index (κ2) is 10.1. The number of nitrogens with zero attached hydrogens (tertiary/aromatic N) is 2. The van der Waals surface area contributed by atoms with E-state index in [9.17, 15) is 4.79 Å². The number of amides is 1. The van der Waals surface area contributed by atoms with Crippen molar-refractivity contribution in [3.63, 3.8) is 0 Å². The zero-order chi connectivity index (χ0) is 25.1. The minimum absolute atomic E-state index is 0.0202. The van der Waals surface area contributed by atoms with Gasteiger partial charge in [-0.2, -0.15) is 0 Å². The van der Waals surface area contributed by atoms with Gasteiger partial charge in [0, 0.05) is 48.3 Å². The lowest BCUT2D eigenvalue weighted by Gasteiger charge is -2.18. The number of ether oxygens (including phenoxy) is 4. The van der Waals surface area contributed by atoms with Crippen molar-refractivity contribution < 1.29 is 28.1 Å². The van der Waals surface area contributed by atoms with E-state index in [4.69, 9.17) is 18.9 Å². The van der Waals surface area contributed by atoms with Crippen LogP contribution in [0.1, 0.15) is 6.42 Å². The Balaban J connectivity index is 1.32. The van der Waals surface area contributed by atoms with Gasteiger partial charge in [0.25, 0.3) is 0 Å². The van der Waals surface area contributed by atoms with Gasteiger partial charge in [0.2, 0.25) is 5.91 Å². The standard InChI is InChI=1S/C28H25FN2O5/c1-33-26-14-21-23(15-27(26)34-2)30-11-10-24(21)36-25-9-8-19(13-22(25)29)31-16-18(12-28(31)32)17-35-20-6-4-3-5-7-20/h3-11,13-15,18H,12,16-17H2,1-2H3/t18-/m0/s1. The summed E-state index contributed by atoms with van der Waals surface area (Å²) < 4.78 is 37.5. The minimum atomic E-state index is -0.574. The number of fused-ring (bicyclic) bond motifs is 1. The Labute approximate surface area is 208 Å². The van der Waals surface area contributed by atoms with Crippen LogP contribution in [0.5, 0.6) is 28.7 Å². The maximum absolute atomic E-state index is 15.1. The Bertz CT molecular complexity index is 1400. The van der Waals surface area contributed by atoms with Gasteiger partial charge < -0.3 is 23.8 Å². The Kier molecular flexibility index (Phi) is 6.58. The summed E-state index contributed by atoms with van der Waals surface area (Å²) in [5, 5.41) is 0.648. The third-order valence-corrected chi connectivity index (χ3v) is 6.09. The highest BCUT2D eigenvalue weighted by Crippen LogP contribution is 2.38. The highest BCUT2D eigenvalue weighted by atomic mass is 19.1. The molecule has 0 saturated carbocycles. The molecular formula is C28H25FN2O5. The van der Waals surface area contributed by atoms with E-state index in [1.165, 1.54) is 19.2 Å². The molecule has 1 aromatic heterocycles. The van der Waals surface area contributed by atoms with Crippen LogP contribution in [0.25, 0.3) is 10.9 Å². The molecule has 5 rings (SSSR count). The number of halogens is 1. The van der Waals surface area contributed by atoms with Crippen LogP contribution in [0.2, 0.25) is 0 Å². The molecule has 0 N–H and O–H groups in total. The van der Waals surface area contributed by atoms with Gasteiger partial charge in [-0.3, -0.25) is 9.78 Å². The minimum Gasteiger partial charge on any atom is -0.493 e. The fraction of sp³-hybridized carbons (Fsp3) is 0.214. The number of aromatic nitrogens is 1. The summed E-state index contributed by atoms with van der Waals surface area (Å²) in [6, 6.07) is 19.1. The van der Waals surface area contributed by atoms with Crippen molar-refractivity contribution in [1.29, 1.82) is 0 Å². The largest absolute Gasteiger partial charge is 0.493 e. The van der Waals surface area contributed by atoms with Crippen LogP contribution in [0, 0.1) is 11.7 Å². The van der Waals surface area contributed by atoms with Crippen LogP contribution in [0.15, 0.2) is 72.9 Å². The van der Waals surface area contributed by atoms with Crippen molar-refractivity contribution in [2.24, 2.45) is 5.92 Å². The number of benzene rings is 3. The fourth-order valence-corrected chi connectivity index (χ4v) is 4.27. The Morgan fingerprint density at radius 3 is 2.47 bits per heavy atom. The second-order valence-corrected chi connectivity index (χ2v) is 8.45. The van der Waals surface area contributed by atoms with Crippen LogP contribution in [-0.2, 0) is 4.79 Å². The first-order valence-electron chi connectivity index (χ1n) is 11.5. The van der Waals surface area contributed by atoms with E-state index in [1.54, 1.807) is 42.5 Å². The maximum atomic E-state index is 15.1. The van der Waals surface area contributed by atoms with E-state index in [-0.39, 0.29) is 17.6 Å². The van der Waals surface area contributed by atoms with Gasteiger partial charge in [-0.05, 0) is 36.4 Å². The van der Waals surface area contributed by atoms with Crippen molar-refractivity contribution in [2.75, 3.05) is 32.3 Å². The van der Waals surface area contributed by atoms with Crippen LogP contribution < -0.4 is 23.8 Å². The molecule has 0 unspecified atom stereocenters. The molecule has 7 nitrogen and oxygen atoms in total. The average Bonchev–Trinajstić information content (AvgIpc) is 3.28. The molecule has 1 saturated heterocycles. The van der Waals surface area contributed by atoms with E-state index >= 15 is 4.39 Å². The first-order valence-corrected chi connectivity index (χ1v) is 11.5. The van der Waals surface area contributed by atoms with Gasteiger partial charge in [-0.15, -0.1) is 0 Å². The molecule has 1 aliphatic rings. The molecule has 36 heavy (non-hydrogen) atoms. The number of pyridine rings is 1. The van der Waals surface area contributed by atoms with Crippen LogP contribution in [0.3, 0.4) is 0 Å².